The first-order valence-electron chi connectivity index (χ1n) is 6.83. The third-order valence-electron chi connectivity index (χ3n) is 3.66. The van der Waals surface area contributed by atoms with Crippen LogP contribution in [-0.4, -0.2) is 11.0 Å². The minimum absolute atomic E-state index is 0.139. The van der Waals surface area contributed by atoms with Gasteiger partial charge in [-0.2, -0.15) is 0 Å². The summed E-state index contributed by atoms with van der Waals surface area (Å²) in [4.78, 5) is 10.5. The predicted molar refractivity (Wildman–Crippen MR) is 79.1 cm³/mol. The lowest BCUT2D eigenvalue weighted by molar-refractivity contribution is -0.385. The summed E-state index contributed by atoms with van der Waals surface area (Å²) in [6.45, 7) is 0.707. The van der Waals surface area contributed by atoms with Gasteiger partial charge in [0.15, 0.2) is 0 Å². The van der Waals surface area contributed by atoms with Crippen LogP contribution in [0.4, 0.5) is 5.69 Å². The molecule has 2 rings (SSSR count). The van der Waals surface area contributed by atoms with Crippen LogP contribution in [0.15, 0.2) is 22.7 Å². The molecule has 0 bridgehead atoms. The van der Waals surface area contributed by atoms with Gasteiger partial charge < -0.3 is 5.32 Å². The van der Waals surface area contributed by atoms with E-state index >= 15 is 0 Å². The fraction of sp³-hybridized carbons (Fsp3) is 0.571. The van der Waals surface area contributed by atoms with Crippen molar-refractivity contribution in [3.63, 3.8) is 0 Å². The summed E-state index contributed by atoms with van der Waals surface area (Å²) in [6.07, 6.45) is 7.69. The highest BCUT2D eigenvalue weighted by Gasteiger charge is 2.14. The minimum atomic E-state index is -0.348. The van der Waals surface area contributed by atoms with Gasteiger partial charge in [0.2, 0.25) is 0 Å². The van der Waals surface area contributed by atoms with Crippen molar-refractivity contribution in [1.29, 1.82) is 0 Å². The number of halogens is 1. The van der Waals surface area contributed by atoms with Crippen LogP contribution in [0.5, 0.6) is 0 Å². The molecule has 0 heterocycles. The summed E-state index contributed by atoms with van der Waals surface area (Å²) in [5, 5.41) is 14.4. The average molecular weight is 327 g/mol. The normalized spacial score (nSPS) is 17.1. The second-order valence-corrected chi connectivity index (χ2v) is 5.97. The Labute approximate surface area is 121 Å². The van der Waals surface area contributed by atoms with E-state index in [9.17, 15) is 10.1 Å². The molecule has 1 aromatic carbocycles. The Hall–Kier alpha value is -0.940. The molecule has 1 N–H and O–H groups in total. The molecule has 1 aliphatic rings. The highest BCUT2D eigenvalue weighted by molar-refractivity contribution is 9.10. The second-order valence-electron chi connectivity index (χ2n) is 5.11. The first kappa shape index (κ1) is 14.5. The van der Waals surface area contributed by atoms with Gasteiger partial charge in [0, 0.05) is 18.7 Å². The number of nitro benzene ring substituents is 1. The summed E-state index contributed by atoms with van der Waals surface area (Å²) >= 11 is 3.21. The van der Waals surface area contributed by atoms with Crippen molar-refractivity contribution in [1.82, 2.24) is 5.32 Å². The highest BCUT2D eigenvalue weighted by Crippen LogP contribution is 2.26. The molecule has 104 valence electrons. The number of benzene rings is 1. The van der Waals surface area contributed by atoms with Gasteiger partial charge in [-0.25, -0.2) is 0 Å². The van der Waals surface area contributed by atoms with Gasteiger partial charge in [-0.3, -0.25) is 10.1 Å². The van der Waals surface area contributed by atoms with Crippen LogP contribution in [0.3, 0.4) is 0 Å². The molecular formula is C14H19BrN2O2. The molecule has 0 amide bonds. The summed E-state index contributed by atoms with van der Waals surface area (Å²) in [5.74, 6) is 0. The first-order valence-corrected chi connectivity index (χ1v) is 7.62. The molecule has 1 fully saturated rings. The van der Waals surface area contributed by atoms with E-state index in [4.69, 9.17) is 0 Å². The molecule has 0 aromatic heterocycles. The van der Waals surface area contributed by atoms with Crippen LogP contribution in [0.25, 0.3) is 0 Å². The highest BCUT2D eigenvalue weighted by atomic mass is 79.9. The number of nitrogens with zero attached hydrogens (tertiary/aromatic N) is 1. The molecular weight excluding hydrogens is 308 g/mol. The Balaban J connectivity index is 1.95. The van der Waals surface area contributed by atoms with Gasteiger partial charge in [0.05, 0.1) is 9.40 Å². The first-order chi connectivity index (χ1) is 9.16. The van der Waals surface area contributed by atoms with Crippen molar-refractivity contribution in [3.8, 4) is 0 Å². The van der Waals surface area contributed by atoms with Crippen LogP contribution < -0.4 is 5.32 Å². The molecule has 19 heavy (non-hydrogen) atoms. The Bertz CT molecular complexity index is 443. The maximum Gasteiger partial charge on any atom is 0.283 e. The second kappa shape index (κ2) is 7.01. The lowest BCUT2D eigenvalue weighted by Crippen LogP contribution is -2.27. The van der Waals surface area contributed by atoms with E-state index in [1.54, 1.807) is 12.1 Å². The number of rotatable bonds is 4. The zero-order valence-electron chi connectivity index (χ0n) is 10.9. The largest absolute Gasteiger partial charge is 0.310 e. The van der Waals surface area contributed by atoms with Gasteiger partial charge in [0.1, 0.15) is 0 Å². The molecule has 0 aliphatic heterocycles. The molecule has 0 saturated heterocycles. The van der Waals surface area contributed by atoms with Crippen molar-refractivity contribution in [2.45, 2.75) is 51.1 Å². The van der Waals surface area contributed by atoms with Gasteiger partial charge in [-0.05, 0) is 40.4 Å². The van der Waals surface area contributed by atoms with Gasteiger partial charge in [-0.1, -0.05) is 31.7 Å². The summed E-state index contributed by atoms with van der Waals surface area (Å²) in [5.41, 5.74) is 1.11. The smallest absolute Gasteiger partial charge is 0.283 e. The summed E-state index contributed by atoms with van der Waals surface area (Å²) in [7, 11) is 0. The van der Waals surface area contributed by atoms with Crippen molar-refractivity contribution in [2.75, 3.05) is 0 Å². The van der Waals surface area contributed by atoms with E-state index in [0.29, 0.717) is 17.1 Å². The molecule has 4 nitrogen and oxygen atoms in total. The van der Waals surface area contributed by atoms with Crippen molar-refractivity contribution in [3.05, 3.63) is 38.3 Å². The van der Waals surface area contributed by atoms with Crippen LogP contribution in [0.1, 0.15) is 44.1 Å². The van der Waals surface area contributed by atoms with E-state index in [2.05, 4.69) is 21.2 Å². The van der Waals surface area contributed by atoms with Crippen LogP contribution in [0.2, 0.25) is 0 Å². The number of hydrogen-bond donors (Lipinski definition) is 1. The minimum Gasteiger partial charge on any atom is -0.310 e. The number of nitro groups is 1. The molecule has 0 unspecified atom stereocenters. The van der Waals surface area contributed by atoms with E-state index in [1.165, 1.54) is 38.5 Å². The van der Waals surface area contributed by atoms with Gasteiger partial charge in [0.25, 0.3) is 5.69 Å². The molecule has 1 aliphatic carbocycles. The van der Waals surface area contributed by atoms with E-state index < -0.39 is 0 Å². The molecule has 0 radical (unpaired) electrons. The Morgan fingerprint density at radius 2 is 1.95 bits per heavy atom. The lowest BCUT2D eigenvalue weighted by atomic mass is 10.1. The quantitative estimate of drug-likeness (QED) is 0.513. The standard InChI is InChI=1S/C14H19BrN2O2/c15-13-8-7-11(9-14(13)17(18)19)10-16-12-5-3-1-2-4-6-12/h7-9,12,16H,1-6,10H2. The SMILES string of the molecule is O=[N+]([O-])c1cc(CNC2CCCCCC2)ccc1Br. The molecule has 1 aromatic rings. The van der Waals surface area contributed by atoms with Crippen LogP contribution >= 0.6 is 15.9 Å². The number of hydrogen-bond acceptors (Lipinski definition) is 3. The number of nitrogens with one attached hydrogen (secondary N) is 1. The monoisotopic (exact) mass is 326 g/mol. The Kier molecular flexibility index (Phi) is 5.34. The van der Waals surface area contributed by atoms with Crippen LogP contribution in [-0.2, 0) is 6.54 Å². The lowest BCUT2D eigenvalue weighted by Gasteiger charge is -2.16. The molecule has 0 atom stereocenters. The Morgan fingerprint density at radius 3 is 2.58 bits per heavy atom. The predicted octanol–water partition coefficient (Wildman–Crippen LogP) is 4.17. The summed E-state index contributed by atoms with van der Waals surface area (Å²) in [6, 6.07) is 5.89. The maximum atomic E-state index is 10.9. The van der Waals surface area contributed by atoms with E-state index in [0.717, 1.165) is 5.56 Å². The van der Waals surface area contributed by atoms with Crippen LogP contribution in [0, 0.1) is 10.1 Å². The maximum absolute atomic E-state index is 10.9. The molecule has 0 spiro atoms. The van der Waals surface area contributed by atoms with Gasteiger partial charge in [-0.15, -0.1) is 0 Å². The molecule has 1 saturated carbocycles. The fourth-order valence-electron chi connectivity index (χ4n) is 2.55. The van der Waals surface area contributed by atoms with E-state index in [-0.39, 0.29) is 10.6 Å². The third kappa shape index (κ3) is 4.28. The zero-order valence-corrected chi connectivity index (χ0v) is 12.5. The van der Waals surface area contributed by atoms with Crippen molar-refractivity contribution >= 4 is 21.6 Å². The fourth-order valence-corrected chi connectivity index (χ4v) is 2.95. The zero-order chi connectivity index (χ0) is 13.7. The summed E-state index contributed by atoms with van der Waals surface area (Å²) < 4.78 is 0.538. The molecule has 5 heteroatoms. The average Bonchev–Trinajstić information content (AvgIpc) is 2.66. The van der Waals surface area contributed by atoms with Crippen molar-refractivity contribution in [2.24, 2.45) is 0 Å². The third-order valence-corrected chi connectivity index (χ3v) is 4.33. The van der Waals surface area contributed by atoms with Gasteiger partial charge >= 0.3 is 0 Å². The topological polar surface area (TPSA) is 55.2 Å². The van der Waals surface area contributed by atoms with Crippen molar-refractivity contribution < 1.29 is 4.92 Å². The Morgan fingerprint density at radius 1 is 1.26 bits per heavy atom. The van der Waals surface area contributed by atoms with E-state index in [1.807, 2.05) is 6.07 Å².